The molecule has 2 atom stereocenters. The predicted molar refractivity (Wildman–Crippen MR) is 199 cm³/mol. The van der Waals surface area contributed by atoms with E-state index < -0.39 is 0 Å². The van der Waals surface area contributed by atoms with Gasteiger partial charge in [0.05, 0.1) is 11.8 Å². The molecule has 4 amide bonds. The molecule has 2 saturated heterocycles. The molecular weight excluding hydrogens is 628 g/mol. The molecule has 10 nitrogen and oxygen atoms in total. The Bertz CT molecular complexity index is 1700. The minimum absolute atomic E-state index is 0.0555. The number of benzene rings is 4. The van der Waals surface area contributed by atoms with Crippen LogP contribution in [0.5, 0.6) is 0 Å². The van der Waals surface area contributed by atoms with Crippen molar-refractivity contribution in [3.63, 3.8) is 0 Å². The van der Waals surface area contributed by atoms with Gasteiger partial charge in [-0.05, 0) is 96.8 Å². The molecule has 2 aliphatic rings. The number of likely N-dealkylation sites (tertiary alicyclic amines) is 2. The van der Waals surface area contributed by atoms with Gasteiger partial charge in [-0.2, -0.15) is 0 Å². The summed E-state index contributed by atoms with van der Waals surface area (Å²) in [6.45, 7) is 1.88. The van der Waals surface area contributed by atoms with Gasteiger partial charge >= 0.3 is 0 Å². The Morgan fingerprint density at radius 1 is 0.520 bits per heavy atom. The third kappa shape index (κ3) is 7.80. The fourth-order valence-corrected chi connectivity index (χ4v) is 6.47. The smallest absolute Gasteiger partial charge is 0.253 e. The molecular formula is C40H44N6O4. The first-order valence-corrected chi connectivity index (χ1v) is 17.0. The van der Waals surface area contributed by atoms with Gasteiger partial charge in [-0.25, -0.2) is 0 Å². The Labute approximate surface area is 293 Å². The normalized spacial score (nSPS) is 17.0. The number of hydrogen-bond donors (Lipinski definition) is 2. The second-order valence-corrected chi connectivity index (χ2v) is 13.5. The molecule has 2 heterocycles. The van der Waals surface area contributed by atoms with Crippen molar-refractivity contribution in [2.75, 3.05) is 74.8 Å². The van der Waals surface area contributed by atoms with E-state index in [0.29, 0.717) is 61.5 Å². The lowest BCUT2D eigenvalue weighted by atomic mass is 10.0. The number of hydrogen-bond acceptors (Lipinski definition) is 6. The van der Waals surface area contributed by atoms with E-state index in [1.807, 2.05) is 135 Å². The van der Waals surface area contributed by atoms with Gasteiger partial charge in [0.25, 0.3) is 11.8 Å². The molecule has 0 aliphatic carbocycles. The standard InChI is InChI=1S/C40H44N6O4/c1-43(2)35-17-9-29(10-18-35)39(49)45-23-21-31(25-45)37(47)41-33-13-5-27(6-14-33)28-7-15-34(16-8-28)42-38(48)32-22-24-46(26-32)40(50)30-11-19-36(20-12-30)44(3)4/h5-20,31-32H,21-26H2,1-4H3,(H,41,47)(H,42,48)/t31-,32+. The number of nitrogens with one attached hydrogen (secondary N) is 2. The maximum atomic E-state index is 13.1. The zero-order chi connectivity index (χ0) is 35.4. The average Bonchev–Trinajstić information content (AvgIpc) is 3.83. The van der Waals surface area contributed by atoms with Crippen molar-refractivity contribution >= 4 is 46.4 Å². The first-order chi connectivity index (χ1) is 24.0. The molecule has 0 radical (unpaired) electrons. The number of anilines is 4. The maximum Gasteiger partial charge on any atom is 0.253 e. The number of carbonyl (C=O) groups excluding carboxylic acids is 4. The van der Waals surface area contributed by atoms with Crippen molar-refractivity contribution in [1.82, 2.24) is 9.80 Å². The van der Waals surface area contributed by atoms with Crippen LogP contribution >= 0.6 is 0 Å². The highest BCUT2D eigenvalue weighted by Crippen LogP contribution is 2.27. The summed E-state index contributed by atoms with van der Waals surface area (Å²) in [6, 6.07) is 30.3. The van der Waals surface area contributed by atoms with E-state index in [-0.39, 0.29) is 35.5 Å². The maximum absolute atomic E-state index is 13.1. The van der Waals surface area contributed by atoms with Gasteiger partial charge in [0.2, 0.25) is 11.8 Å². The van der Waals surface area contributed by atoms with Crippen LogP contribution in [0.15, 0.2) is 97.1 Å². The van der Waals surface area contributed by atoms with Gasteiger partial charge in [0, 0.05) is 88.2 Å². The quantitative estimate of drug-likeness (QED) is 0.237. The van der Waals surface area contributed by atoms with Crippen molar-refractivity contribution in [1.29, 1.82) is 0 Å². The summed E-state index contributed by atoms with van der Waals surface area (Å²) in [6.07, 6.45) is 1.24. The van der Waals surface area contributed by atoms with Crippen molar-refractivity contribution in [2.45, 2.75) is 12.8 Å². The zero-order valence-electron chi connectivity index (χ0n) is 29.1. The summed E-state index contributed by atoms with van der Waals surface area (Å²) in [7, 11) is 7.83. The van der Waals surface area contributed by atoms with E-state index in [2.05, 4.69) is 10.6 Å². The van der Waals surface area contributed by atoms with Gasteiger partial charge < -0.3 is 30.2 Å². The molecule has 4 aromatic rings. The number of rotatable bonds is 9. The highest BCUT2D eigenvalue weighted by atomic mass is 16.2. The van der Waals surface area contributed by atoms with Crippen molar-refractivity contribution in [3.05, 3.63) is 108 Å². The lowest BCUT2D eigenvalue weighted by molar-refractivity contribution is -0.120. The van der Waals surface area contributed by atoms with Crippen LogP contribution in [0.3, 0.4) is 0 Å². The Balaban J connectivity index is 0.970. The first kappa shape index (κ1) is 34.2. The second kappa shape index (κ2) is 14.9. The minimum Gasteiger partial charge on any atom is -0.378 e. The molecule has 0 saturated carbocycles. The highest BCUT2D eigenvalue weighted by molar-refractivity contribution is 5.98. The third-order valence-corrected chi connectivity index (χ3v) is 9.59. The fourth-order valence-electron chi connectivity index (χ4n) is 6.47. The van der Waals surface area contributed by atoms with Crippen LogP contribution in [-0.2, 0) is 9.59 Å². The summed E-state index contributed by atoms with van der Waals surface area (Å²) in [5, 5.41) is 6.02. The van der Waals surface area contributed by atoms with E-state index in [0.717, 1.165) is 22.5 Å². The summed E-state index contributed by atoms with van der Waals surface area (Å²) < 4.78 is 0. The van der Waals surface area contributed by atoms with Crippen LogP contribution in [0, 0.1) is 11.8 Å². The highest BCUT2D eigenvalue weighted by Gasteiger charge is 2.33. The minimum atomic E-state index is -0.268. The molecule has 0 bridgehead atoms. The Hall–Kier alpha value is -5.64. The van der Waals surface area contributed by atoms with E-state index in [1.54, 1.807) is 9.80 Å². The first-order valence-electron chi connectivity index (χ1n) is 17.0. The van der Waals surface area contributed by atoms with Crippen molar-refractivity contribution in [3.8, 4) is 11.1 Å². The molecule has 0 aromatic heterocycles. The molecule has 2 fully saturated rings. The molecule has 2 N–H and O–H groups in total. The summed E-state index contributed by atoms with van der Waals surface area (Å²) in [5.41, 5.74) is 6.64. The average molecular weight is 673 g/mol. The summed E-state index contributed by atoms with van der Waals surface area (Å²) >= 11 is 0. The van der Waals surface area contributed by atoms with Crippen LogP contribution in [0.25, 0.3) is 11.1 Å². The monoisotopic (exact) mass is 672 g/mol. The molecule has 4 aromatic carbocycles. The predicted octanol–water partition coefficient (Wildman–Crippen LogP) is 5.69. The Kier molecular flexibility index (Phi) is 10.2. The number of nitrogens with zero attached hydrogens (tertiary/aromatic N) is 4. The van der Waals surface area contributed by atoms with E-state index in [4.69, 9.17) is 0 Å². The number of carbonyl (C=O) groups is 4. The Morgan fingerprint density at radius 3 is 1.18 bits per heavy atom. The molecule has 258 valence electrons. The van der Waals surface area contributed by atoms with E-state index in [1.165, 1.54) is 0 Å². The van der Waals surface area contributed by atoms with E-state index >= 15 is 0 Å². The lowest BCUT2D eigenvalue weighted by Gasteiger charge is -2.18. The van der Waals surface area contributed by atoms with Crippen molar-refractivity contribution in [2.24, 2.45) is 11.8 Å². The summed E-state index contributed by atoms with van der Waals surface area (Å²) in [4.78, 5) is 59.6. The largest absolute Gasteiger partial charge is 0.378 e. The van der Waals surface area contributed by atoms with Gasteiger partial charge in [-0.1, -0.05) is 24.3 Å². The summed E-state index contributed by atoms with van der Waals surface area (Å²) in [5.74, 6) is -0.833. The SMILES string of the molecule is CN(C)c1ccc(C(=O)N2CC[C@@H](C(=O)Nc3ccc(-c4ccc(NC(=O)[C@H]5CCN(C(=O)c6ccc(N(C)C)cc6)C5)cc4)cc3)C2)cc1. The molecule has 0 unspecified atom stereocenters. The van der Waals surface area contributed by atoms with Crippen LogP contribution in [0.2, 0.25) is 0 Å². The van der Waals surface area contributed by atoms with E-state index in [9.17, 15) is 19.2 Å². The van der Waals surface area contributed by atoms with Gasteiger partial charge in [-0.3, -0.25) is 19.2 Å². The topological polar surface area (TPSA) is 105 Å². The van der Waals surface area contributed by atoms with Gasteiger partial charge in [-0.15, -0.1) is 0 Å². The zero-order valence-corrected chi connectivity index (χ0v) is 29.1. The molecule has 2 aliphatic heterocycles. The van der Waals surface area contributed by atoms with Crippen LogP contribution in [0.1, 0.15) is 33.6 Å². The van der Waals surface area contributed by atoms with Gasteiger partial charge in [0.1, 0.15) is 0 Å². The van der Waals surface area contributed by atoms with Crippen molar-refractivity contribution < 1.29 is 19.2 Å². The van der Waals surface area contributed by atoms with Crippen LogP contribution < -0.4 is 20.4 Å². The Morgan fingerprint density at radius 2 is 0.860 bits per heavy atom. The van der Waals surface area contributed by atoms with Gasteiger partial charge in [0.15, 0.2) is 0 Å². The fraction of sp³-hybridized carbons (Fsp3) is 0.300. The second-order valence-electron chi connectivity index (χ2n) is 13.5. The molecule has 6 rings (SSSR count). The molecule has 0 spiro atoms. The molecule has 10 heteroatoms. The number of amides is 4. The van der Waals surface area contributed by atoms with Crippen LogP contribution in [-0.4, -0.2) is 87.8 Å². The lowest BCUT2D eigenvalue weighted by Crippen LogP contribution is -2.31. The van der Waals surface area contributed by atoms with Crippen LogP contribution in [0.4, 0.5) is 22.7 Å². The third-order valence-electron chi connectivity index (χ3n) is 9.59. The molecule has 50 heavy (non-hydrogen) atoms.